The van der Waals surface area contributed by atoms with E-state index in [-0.39, 0.29) is 5.91 Å². The first-order valence-corrected chi connectivity index (χ1v) is 8.14. The Morgan fingerprint density at radius 1 is 0.880 bits per heavy atom. The van der Waals surface area contributed by atoms with Crippen LogP contribution < -0.4 is 10.6 Å². The molecule has 3 aromatic rings. The fraction of sp³-hybridized carbons (Fsp3) is 0.105. The molecule has 3 rings (SSSR count). The minimum Gasteiger partial charge on any atom is -0.324 e. The Labute approximate surface area is 151 Å². The van der Waals surface area contributed by atoms with Gasteiger partial charge in [-0.3, -0.25) is 4.79 Å². The number of anilines is 3. The molecule has 0 aliphatic carbocycles. The van der Waals surface area contributed by atoms with Gasteiger partial charge in [0.2, 0.25) is 5.95 Å². The van der Waals surface area contributed by atoms with Gasteiger partial charge >= 0.3 is 0 Å². The van der Waals surface area contributed by atoms with Crippen molar-refractivity contribution >= 4 is 34.8 Å². The van der Waals surface area contributed by atoms with E-state index >= 15 is 0 Å². The van der Waals surface area contributed by atoms with Crippen LogP contribution in [0.1, 0.15) is 21.7 Å². The second-order valence-corrected chi connectivity index (χ2v) is 6.07. The zero-order valence-corrected chi connectivity index (χ0v) is 14.6. The molecule has 25 heavy (non-hydrogen) atoms. The van der Waals surface area contributed by atoms with E-state index in [1.807, 2.05) is 32.0 Å². The standard InChI is InChI=1S/C19H17ClN4O/c1-12-11-13(2)22-19(21-12)24-17-7-3-14(4-8-17)18(25)23-16-9-5-15(20)6-10-16/h3-11H,1-2H3,(H,23,25)(H,21,22,24). The van der Waals surface area contributed by atoms with Crippen LogP contribution in [0.15, 0.2) is 54.6 Å². The second kappa shape index (κ2) is 7.32. The highest BCUT2D eigenvalue weighted by Gasteiger charge is 2.07. The van der Waals surface area contributed by atoms with Gasteiger partial charge in [0, 0.05) is 33.3 Å². The van der Waals surface area contributed by atoms with Crippen molar-refractivity contribution in [2.45, 2.75) is 13.8 Å². The lowest BCUT2D eigenvalue weighted by Crippen LogP contribution is -2.11. The average Bonchev–Trinajstić information content (AvgIpc) is 2.56. The number of benzene rings is 2. The number of nitrogens with one attached hydrogen (secondary N) is 2. The summed E-state index contributed by atoms with van der Waals surface area (Å²) in [6, 6.07) is 16.0. The molecule has 0 fully saturated rings. The summed E-state index contributed by atoms with van der Waals surface area (Å²) in [6.45, 7) is 3.84. The minimum absolute atomic E-state index is 0.184. The van der Waals surface area contributed by atoms with Gasteiger partial charge in [-0.25, -0.2) is 9.97 Å². The van der Waals surface area contributed by atoms with Gasteiger partial charge in [0.15, 0.2) is 0 Å². The van der Waals surface area contributed by atoms with Crippen LogP contribution in [0.4, 0.5) is 17.3 Å². The number of carbonyl (C=O) groups is 1. The smallest absolute Gasteiger partial charge is 0.255 e. The normalized spacial score (nSPS) is 10.4. The SMILES string of the molecule is Cc1cc(C)nc(Nc2ccc(C(=O)Nc3ccc(Cl)cc3)cc2)n1. The van der Waals surface area contributed by atoms with Gasteiger partial charge in [-0.1, -0.05) is 11.6 Å². The molecule has 0 radical (unpaired) electrons. The first-order valence-electron chi connectivity index (χ1n) is 7.76. The Kier molecular flexibility index (Phi) is 4.95. The van der Waals surface area contributed by atoms with Gasteiger partial charge in [0.1, 0.15) is 0 Å². The lowest BCUT2D eigenvalue weighted by molar-refractivity contribution is 0.102. The van der Waals surface area contributed by atoms with E-state index in [2.05, 4.69) is 20.6 Å². The van der Waals surface area contributed by atoms with Gasteiger partial charge in [-0.05, 0) is 68.4 Å². The maximum atomic E-state index is 12.3. The molecule has 2 N–H and O–H groups in total. The number of halogens is 1. The molecular formula is C19H17ClN4O. The third-order valence-electron chi connectivity index (χ3n) is 3.49. The third kappa shape index (κ3) is 4.55. The summed E-state index contributed by atoms with van der Waals surface area (Å²) >= 11 is 5.84. The van der Waals surface area contributed by atoms with Crippen molar-refractivity contribution < 1.29 is 4.79 Å². The first kappa shape index (κ1) is 16.9. The van der Waals surface area contributed by atoms with E-state index in [1.54, 1.807) is 36.4 Å². The molecule has 1 heterocycles. The number of hydrogen-bond acceptors (Lipinski definition) is 4. The summed E-state index contributed by atoms with van der Waals surface area (Å²) in [5, 5.41) is 6.59. The average molecular weight is 353 g/mol. The second-order valence-electron chi connectivity index (χ2n) is 5.64. The summed E-state index contributed by atoms with van der Waals surface area (Å²) in [4.78, 5) is 20.9. The Bertz CT molecular complexity index is 872. The van der Waals surface area contributed by atoms with Gasteiger partial charge < -0.3 is 10.6 Å². The molecule has 5 nitrogen and oxygen atoms in total. The predicted molar refractivity (Wildman–Crippen MR) is 101 cm³/mol. The zero-order valence-electron chi connectivity index (χ0n) is 13.9. The lowest BCUT2D eigenvalue weighted by Gasteiger charge is -2.08. The van der Waals surface area contributed by atoms with E-state index in [0.29, 0.717) is 22.2 Å². The summed E-state index contributed by atoms with van der Waals surface area (Å²) < 4.78 is 0. The van der Waals surface area contributed by atoms with Gasteiger partial charge in [-0.2, -0.15) is 0 Å². The van der Waals surface area contributed by atoms with Crippen LogP contribution >= 0.6 is 11.6 Å². The summed E-state index contributed by atoms with van der Waals surface area (Å²) in [7, 11) is 0. The van der Waals surface area contributed by atoms with Gasteiger partial charge in [-0.15, -0.1) is 0 Å². The zero-order chi connectivity index (χ0) is 17.8. The monoisotopic (exact) mass is 352 g/mol. The number of hydrogen-bond donors (Lipinski definition) is 2. The van der Waals surface area contributed by atoms with Crippen molar-refractivity contribution in [1.82, 2.24) is 9.97 Å². The van der Waals surface area contributed by atoms with Crippen LogP contribution in [0, 0.1) is 13.8 Å². The molecule has 0 unspecified atom stereocenters. The first-order chi connectivity index (χ1) is 12.0. The van der Waals surface area contributed by atoms with E-state index in [0.717, 1.165) is 17.1 Å². The number of rotatable bonds is 4. The summed E-state index contributed by atoms with van der Waals surface area (Å²) in [6.07, 6.45) is 0. The quantitative estimate of drug-likeness (QED) is 0.711. The molecule has 1 amide bonds. The van der Waals surface area contributed by atoms with Crippen LogP contribution in [0.5, 0.6) is 0 Å². The maximum absolute atomic E-state index is 12.3. The van der Waals surface area contributed by atoms with E-state index in [9.17, 15) is 4.79 Å². The predicted octanol–water partition coefficient (Wildman–Crippen LogP) is 4.74. The highest BCUT2D eigenvalue weighted by molar-refractivity contribution is 6.30. The molecule has 0 atom stereocenters. The number of nitrogens with zero attached hydrogens (tertiary/aromatic N) is 2. The minimum atomic E-state index is -0.184. The van der Waals surface area contributed by atoms with Crippen molar-refractivity contribution in [3.8, 4) is 0 Å². The molecule has 2 aromatic carbocycles. The number of amides is 1. The molecule has 1 aromatic heterocycles. The Hall–Kier alpha value is -2.92. The Balaban J connectivity index is 1.68. The highest BCUT2D eigenvalue weighted by atomic mass is 35.5. The Morgan fingerprint density at radius 3 is 2.04 bits per heavy atom. The lowest BCUT2D eigenvalue weighted by atomic mass is 10.2. The number of aromatic nitrogens is 2. The van der Waals surface area contributed by atoms with Crippen molar-refractivity contribution in [3.63, 3.8) is 0 Å². The molecule has 0 saturated heterocycles. The van der Waals surface area contributed by atoms with Crippen LogP contribution in [0.3, 0.4) is 0 Å². The molecule has 0 spiro atoms. The largest absolute Gasteiger partial charge is 0.324 e. The van der Waals surface area contributed by atoms with Crippen LogP contribution in [0.25, 0.3) is 0 Å². The van der Waals surface area contributed by atoms with Gasteiger partial charge in [0.25, 0.3) is 5.91 Å². The van der Waals surface area contributed by atoms with Crippen molar-refractivity contribution in [2.24, 2.45) is 0 Å². The van der Waals surface area contributed by atoms with Crippen molar-refractivity contribution in [1.29, 1.82) is 0 Å². The molecule has 0 saturated carbocycles. The molecule has 126 valence electrons. The van der Waals surface area contributed by atoms with E-state index < -0.39 is 0 Å². The van der Waals surface area contributed by atoms with Crippen molar-refractivity contribution in [2.75, 3.05) is 10.6 Å². The van der Waals surface area contributed by atoms with Crippen LogP contribution in [0.2, 0.25) is 5.02 Å². The molecule has 6 heteroatoms. The van der Waals surface area contributed by atoms with Crippen molar-refractivity contribution in [3.05, 3.63) is 76.6 Å². The van der Waals surface area contributed by atoms with E-state index in [4.69, 9.17) is 11.6 Å². The van der Waals surface area contributed by atoms with Gasteiger partial charge in [0.05, 0.1) is 0 Å². The summed E-state index contributed by atoms with van der Waals surface area (Å²) in [5.41, 5.74) is 3.86. The summed E-state index contributed by atoms with van der Waals surface area (Å²) in [5.74, 6) is 0.354. The third-order valence-corrected chi connectivity index (χ3v) is 3.74. The topological polar surface area (TPSA) is 66.9 Å². The fourth-order valence-corrected chi connectivity index (χ4v) is 2.48. The van der Waals surface area contributed by atoms with E-state index in [1.165, 1.54) is 0 Å². The maximum Gasteiger partial charge on any atom is 0.255 e. The Morgan fingerprint density at radius 2 is 1.44 bits per heavy atom. The van der Waals surface area contributed by atoms with Crippen LogP contribution in [-0.4, -0.2) is 15.9 Å². The molecule has 0 aliphatic heterocycles. The number of aryl methyl sites for hydroxylation is 2. The molecule has 0 bridgehead atoms. The fourth-order valence-electron chi connectivity index (χ4n) is 2.35. The molecule has 0 aliphatic rings. The number of carbonyl (C=O) groups excluding carboxylic acids is 1. The van der Waals surface area contributed by atoms with Crippen LogP contribution in [-0.2, 0) is 0 Å². The highest BCUT2D eigenvalue weighted by Crippen LogP contribution is 2.17. The molecular weight excluding hydrogens is 336 g/mol.